The van der Waals surface area contributed by atoms with Crippen LogP contribution in [0.2, 0.25) is 0 Å². The van der Waals surface area contributed by atoms with Crippen LogP contribution in [-0.2, 0) is 0 Å². The third-order valence-corrected chi connectivity index (χ3v) is 3.10. The van der Waals surface area contributed by atoms with Crippen molar-refractivity contribution in [1.29, 1.82) is 0 Å². The topological polar surface area (TPSA) is 24.9 Å². The van der Waals surface area contributed by atoms with Crippen molar-refractivity contribution >= 4 is 11.3 Å². The van der Waals surface area contributed by atoms with Crippen LogP contribution in [0.15, 0.2) is 5.38 Å². The van der Waals surface area contributed by atoms with Gasteiger partial charge in [0.05, 0.1) is 16.7 Å². The van der Waals surface area contributed by atoms with Crippen LogP contribution in [0.25, 0.3) is 0 Å². The second kappa shape index (κ2) is 3.54. The molecule has 0 spiro atoms. The fraction of sp³-hybridized carbons (Fsp3) is 0.667. The number of nitrogens with one attached hydrogen (secondary N) is 1. The second-order valence-electron chi connectivity index (χ2n) is 3.29. The van der Waals surface area contributed by atoms with Crippen LogP contribution < -0.4 is 5.32 Å². The minimum Gasteiger partial charge on any atom is -0.309 e. The van der Waals surface area contributed by atoms with E-state index in [0.29, 0.717) is 6.04 Å². The molecule has 0 bridgehead atoms. The van der Waals surface area contributed by atoms with Crippen LogP contribution in [0.1, 0.15) is 36.0 Å². The molecule has 1 unspecified atom stereocenters. The van der Waals surface area contributed by atoms with E-state index in [4.69, 9.17) is 0 Å². The minimum absolute atomic E-state index is 0.531. The summed E-state index contributed by atoms with van der Waals surface area (Å²) in [6.45, 7) is 3.22. The standard InChI is InChI=1S/C9H14N2S/c1-7-11-9(6-12-7)8-4-2-3-5-10-8/h6,8,10H,2-5H2,1H3. The molecule has 1 aromatic rings. The summed E-state index contributed by atoms with van der Waals surface area (Å²) in [6.07, 6.45) is 3.91. The average molecular weight is 182 g/mol. The van der Waals surface area contributed by atoms with Crippen molar-refractivity contribution in [3.63, 3.8) is 0 Å². The van der Waals surface area contributed by atoms with Crippen molar-refractivity contribution in [3.05, 3.63) is 16.1 Å². The van der Waals surface area contributed by atoms with Crippen molar-refractivity contribution in [1.82, 2.24) is 10.3 Å². The van der Waals surface area contributed by atoms with Gasteiger partial charge in [0.2, 0.25) is 0 Å². The van der Waals surface area contributed by atoms with Gasteiger partial charge in [0, 0.05) is 5.38 Å². The van der Waals surface area contributed by atoms with Gasteiger partial charge >= 0.3 is 0 Å². The number of aromatic nitrogens is 1. The van der Waals surface area contributed by atoms with E-state index >= 15 is 0 Å². The number of nitrogens with zero attached hydrogens (tertiary/aromatic N) is 1. The molecule has 3 heteroatoms. The minimum atomic E-state index is 0.531. The molecule has 2 nitrogen and oxygen atoms in total. The fourth-order valence-corrected chi connectivity index (χ4v) is 2.31. The summed E-state index contributed by atoms with van der Waals surface area (Å²) >= 11 is 1.75. The summed E-state index contributed by atoms with van der Waals surface area (Å²) in [4.78, 5) is 4.49. The van der Waals surface area contributed by atoms with E-state index in [0.717, 1.165) is 6.54 Å². The first-order valence-electron chi connectivity index (χ1n) is 4.51. The predicted octanol–water partition coefficient (Wildman–Crippen LogP) is 2.27. The third-order valence-electron chi connectivity index (χ3n) is 2.30. The highest BCUT2D eigenvalue weighted by Gasteiger charge is 2.16. The maximum Gasteiger partial charge on any atom is 0.0898 e. The number of aryl methyl sites for hydroxylation is 1. The van der Waals surface area contributed by atoms with Gasteiger partial charge in [-0.3, -0.25) is 0 Å². The zero-order chi connectivity index (χ0) is 8.39. The van der Waals surface area contributed by atoms with Crippen molar-refractivity contribution < 1.29 is 0 Å². The lowest BCUT2D eigenvalue weighted by Gasteiger charge is -2.21. The van der Waals surface area contributed by atoms with Crippen LogP contribution in [-0.4, -0.2) is 11.5 Å². The largest absolute Gasteiger partial charge is 0.309 e. The highest BCUT2D eigenvalue weighted by molar-refractivity contribution is 7.09. The molecule has 0 aromatic carbocycles. The Kier molecular flexibility index (Phi) is 2.42. The zero-order valence-corrected chi connectivity index (χ0v) is 8.16. The highest BCUT2D eigenvalue weighted by atomic mass is 32.1. The molecule has 0 amide bonds. The molecular weight excluding hydrogens is 168 g/mol. The smallest absolute Gasteiger partial charge is 0.0898 e. The van der Waals surface area contributed by atoms with Gasteiger partial charge < -0.3 is 5.32 Å². The summed E-state index contributed by atoms with van der Waals surface area (Å²) in [5, 5.41) is 6.85. The fourth-order valence-electron chi connectivity index (χ4n) is 1.64. The van der Waals surface area contributed by atoms with Gasteiger partial charge in [-0.2, -0.15) is 0 Å². The molecule has 1 atom stereocenters. The van der Waals surface area contributed by atoms with Crippen molar-refractivity contribution in [2.75, 3.05) is 6.54 Å². The number of hydrogen-bond acceptors (Lipinski definition) is 3. The van der Waals surface area contributed by atoms with E-state index in [-0.39, 0.29) is 0 Å². The molecule has 66 valence electrons. The maximum absolute atomic E-state index is 4.49. The highest BCUT2D eigenvalue weighted by Crippen LogP contribution is 2.23. The molecule has 12 heavy (non-hydrogen) atoms. The lowest BCUT2D eigenvalue weighted by atomic mass is 10.0. The molecule has 1 aliphatic heterocycles. The lowest BCUT2D eigenvalue weighted by molar-refractivity contribution is 0.406. The molecule has 2 rings (SSSR count). The molecule has 1 aromatic heterocycles. The molecule has 1 aliphatic rings. The first-order valence-corrected chi connectivity index (χ1v) is 5.39. The van der Waals surface area contributed by atoms with Crippen molar-refractivity contribution in [2.24, 2.45) is 0 Å². The molecule has 0 radical (unpaired) electrons. The van der Waals surface area contributed by atoms with E-state index < -0.39 is 0 Å². The quantitative estimate of drug-likeness (QED) is 0.720. The van der Waals surface area contributed by atoms with Crippen molar-refractivity contribution in [3.8, 4) is 0 Å². The molecule has 0 saturated carbocycles. The van der Waals surface area contributed by atoms with Crippen LogP contribution in [0.4, 0.5) is 0 Å². The summed E-state index contributed by atoms with van der Waals surface area (Å²) in [7, 11) is 0. The zero-order valence-electron chi connectivity index (χ0n) is 7.34. The van der Waals surface area contributed by atoms with Crippen LogP contribution in [0.5, 0.6) is 0 Å². The van der Waals surface area contributed by atoms with Gasteiger partial charge in [-0.25, -0.2) is 4.98 Å². The maximum atomic E-state index is 4.49. The van der Waals surface area contributed by atoms with Gasteiger partial charge in [0.1, 0.15) is 0 Å². The summed E-state index contributed by atoms with van der Waals surface area (Å²) in [5.41, 5.74) is 1.25. The van der Waals surface area contributed by atoms with E-state index in [1.54, 1.807) is 11.3 Å². The Morgan fingerprint density at radius 3 is 3.08 bits per heavy atom. The summed E-state index contributed by atoms with van der Waals surface area (Å²) in [6, 6.07) is 0.531. The molecule has 1 N–H and O–H groups in total. The Morgan fingerprint density at radius 2 is 2.50 bits per heavy atom. The Labute approximate surface area is 77.0 Å². The van der Waals surface area contributed by atoms with Gasteiger partial charge in [-0.05, 0) is 26.3 Å². The lowest BCUT2D eigenvalue weighted by Crippen LogP contribution is -2.26. The van der Waals surface area contributed by atoms with Crippen molar-refractivity contribution in [2.45, 2.75) is 32.2 Å². The number of rotatable bonds is 1. The molecule has 0 aliphatic carbocycles. The summed E-state index contributed by atoms with van der Waals surface area (Å²) in [5.74, 6) is 0. The molecule has 1 fully saturated rings. The SMILES string of the molecule is Cc1nc(C2CCCCN2)cs1. The Morgan fingerprint density at radius 1 is 1.58 bits per heavy atom. The van der Waals surface area contributed by atoms with E-state index in [1.807, 2.05) is 0 Å². The van der Waals surface area contributed by atoms with E-state index in [2.05, 4.69) is 22.6 Å². The Hall–Kier alpha value is -0.410. The van der Waals surface area contributed by atoms with Gasteiger partial charge in [-0.15, -0.1) is 11.3 Å². The van der Waals surface area contributed by atoms with Gasteiger partial charge in [0.25, 0.3) is 0 Å². The Balaban J connectivity index is 2.08. The number of piperidine rings is 1. The van der Waals surface area contributed by atoms with Gasteiger partial charge in [-0.1, -0.05) is 6.42 Å². The summed E-state index contributed by atoms with van der Waals surface area (Å²) < 4.78 is 0. The predicted molar refractivity (Wildman–Crippen MR) is 51.4 cm³/mol. The van der Waals surface area contributed by atoms with E-state index in [9.17, 15) is 0 Å². The first kappa shape index (κ1) is 8.20. The van der Waals surface area contributed by atoms with E-state index in [1.165, 1.54) is 30.0 Å². The van der Waals surface area contributed by atoms with Crippen LogP contribution >= 0.6 is 11.3 Å². The number of thiazole rings is 1. The van der Waals surface area contributed by atoms with Gasteiger partial charge in [0.15, 0.2) is 0 Å². The van der Waals surface area contributed by atoms with Crippen LogP contribution in [0.3, 0.4) is 0 Å². The normalized spacial score (nSPS) is 24.2. The molecule has 1 saturated heterocycles. The number of hydrogen-bond donors (Lipinski definition) is 1. The second-order valence-corrected chi connectivity index (χ2v) is 4.36. The Bertz CT molecular complexity index is 251. The molecular formula is C9H14N2S. The first-order chi connectivity index (χ1) is 5.86. The average Bonchev–Trinajstić information content (AvgIpc) is 2.54. The van der Waals surface area contributed by atoms with Crippen LogP contribution in [0, 0.1) is 6.92 Å². The third kappa shape index (κ3) is 1.67. The molecule has 2 heterocycles. The monoisotopic (exact) mass is 182 g/mol.